The lowest BCUT2D eigenvalue weighted by Crippen LogP contribution is -2.54. The number of hydrogen-bond donors (Lipinski definition) is 2. The van der Waals surface area contributed by atoms with Crippen LogP contribution in [-0.4, -0.2) is 62.7 Å². The number of H-pyrrole nitrogens is 1. The van der Waals surface area contributed by atoms with Crippen molar-refractivity contribution < 1.29 is 19.4 Å². The number of hydrogen-bond acceptors (Lipinski definition) is 6. The SMILES string of the molecule is CCCc1[nH]nc2c1N(CC)C(C)N(CCOc1ccc(SC(C)(C)C(=O)O)cc1)C2=O. The van der Waals surface area contributed by atoms with Gasteiger partial charge in [0.15, 0.2) is 5.69 Å². The van der Waals surface area contributed by atoms with Crippen LogP contribution in [0.15, 0.2) is 29.2 Å². The molecule has 0 fully saturated rings. The number of benzene rings is 1. The van der Waals surface area contributed by atoms with Gasteiger partial charge in [0, 0.05) is 11.4 Å². The van der Waals surface area contributed by atoms with Crippen molar-refractivity contribution in [3.05, 3.63) is 35.7 Å². The summed E-state index contributed by atoms with van der Waals surface area (Å²) < 4.78 is 4.97. The van der Waals surface area contributed by atoms with Crippen LogP contribution in [0.5, 0.6) is 5.75 Å². The zero-order valence-corrected chi connectivity index (χ0v) is 20.2. The van der Waals surface area contributed by atoms with E-state index in [0.29, 0.717) is 24.6 Å². The molecule has 2 aromatic rings. The Labute approximate surface area is 193 Å². The van der Waals surface area contributed by atoms with Gasteiger partial charge in [0.25, 0.3) is 5.91 Å². The molecular weight excluding hydrogens is 428 g/mol. The average molecular weight is 461 g/mol. The Morgan fingerprint density at radius 2 is 1.94 bits per heavy atom. The molecule has 9 heteroatoms. The first-order chi connectivity index (χ1) is 15.2. The molecule has 1 aliphatic heterocycles. The Bertz CT molecular complexity index is 957. The van der Waals surface area contributed by atoms with E-state index in [2.05, 4.69) is 28.9 Å². The highest BCUT2D eigenvalue weighted by Crippen LogP contribution is 2.34. The molecule has 1 aromatic heterocycles. The van der Waals surface area contributed by atoms with Crippen LogP contribution in [0.25, 0.3) is 0 Å². The molecule has 0 aliphatic carbocycles. The summed E-state index contributed by atoms with van der Waals surface area (Å²) in [5, 5.41) is 16.6. The van der Waals surface area contributed by atoms with Gasteiger partial charge in [0.05, 0.1) is 17.9 Å². The average Bonchev–Trinajstić information content (AvgIpc) is 3.16. The lowest BCUT2D eigenvalue weighted by Gasteiger charge is -2.42. The van der Waals surface area contributed by atoms with Crippen molar-refractivity contribution in [2.75, 3.05) is 24.6 Å². The normalized spacial score (nSPS) is 16.3. The van der Waals surface area contributed by atoms with Gasteiger partial charge < -0.3 is 19.6 Å². The smallest absolute Gasteiger partial charge is 0.319 e. The molecule has 1 aliphatic rings. The highest BCUT2D eigenvalue weighted by molar-refractivity contribution is 8.01. The maximum Gasteiger partial charge on any atom is 0.319 e. The number of ether oxygens (including phenoxy) is 1. The van der Waals surface area contributed by atoms with Crippen molar-refractivity contribution in [2.24, 2.45) is 0 Å². The lowest BCUT2D eigenvalue weighted by molar-refractivity contribution is -0.138. The highest BCUT2D eigenvalue weighted by Gasteiger charge is 2.38. The molecule has 0 radical (unpaired) electrons. The number of aromatic nitrogens is 2. The molecule has 32 heavy (non-hydrogen) atoms. The second-order valence-electron chi connectivity index (χ2n) is 8.30. The fourth-order valence-electron chi connectivity index (χ4n) is 3.83. The molecule has 1 atom stereocenters. The van der Waals surface area contributed by atoms with Crippen LogP contribution in [-0.2, 0) is 11.2 Å². The van der Waals surface area contributed by atoms with Crippen molar-refractivity contribution in [1.29, 1.82) is 0 Å². The van der Waals surface area contributed by atoms with E-state index in [4.69, 9.17) is 4.74 Å². The van der Waals surface area contributed by atoms with Crippen LogP contribution in [0.4, 0.5) is 5.69 Å². The van der Waals surface area contributed by atoms with Crippen molar-refractivity contribution >= 4 is 29.3 Å². The monoisotopic (exact) mass is 460 g/mol. The molecule has 2 N–H and O–H groups in total. The summed E-state index contributed by atoms with van der Waals surface area (Å²) in [6.45, 7) is 11.1. The van der Waals surface area contributed by atoms with Crippen molar-refractivity contribution in [3.8, 4) is 5.75 Å². The Balaban J connectivity index is 1.63. The first kappa shape index (κ1) is 24.0. The predicted octanol–water partition coefficient (Wildman–Crippen LogP) is 4.02. The van der Waals surface area contributed by atoms with E-state index in [0.717, 1.165) is 35.7 Å². The Morgan fingerprint density at radius 3 is 2.53 bits per heavy atom. The van der Waals surface area contributed by atoms with Gasteiger partial charge >= 0.3 is 5.97 Å². The minimum absolute atomic E-state index is 0.0814. The Kier molecular flexibility index (Phi) is 7.38. The minimum atomic E-state index is -0.902. The van der Waals surface area contributed by atoms with Crippen LogP contribution in [0.3, 0.4) is 0 Å². The van der Waals surface area contributed by atoms with E-state index < -0.39 is 10.7 Å². The molecule has 0 spiro atoms. The third-order valence-electron chi connectivity index (χ3n) is 5.62. The van der Waals surface area contributed by atoms with Gasteiger partial charge in [-0.25, -0.2) is 0 Å². The van der Waals surface area contributed by atoms with E-state index in [9.17, 15) is 14.7 Å². The van der Waals surface area contributed by atoms with Gasteiger partial charge in [-0.3, -0.25) is 14.7 Å². The minimum Gasteiger partial charge on any atom is -0.492 e. The second-order valence-corrected chi connectivity index (χ2v) is 10.00. The van der Waals surface area contributed by atoms with E-state index in [1.807, 2.05) is 31.2 Å². The van der Waals surface area contributed by atoms with Crippen molar-refractivity contribution in [2.45, 2.75) is 63.3 Å². The molecule has 3 rings (SSSR count). The third kappa shape index (κ3) is 4.87. The standard InChI is InChI=1S/C23H32N4O4S/c1-6-8-18-20-19(25-24-18)21(28)27(15(3)26(20)7-2)13-14-31-16-9-11-17(12-10-16)32-23(4,5)22(29)30/h9-12,15H,6-8,13-14H2,1-5H3,(H,24,25)(H,29,30). The zero-order valence-electron chi connectivity index (χ0n) is 19.3. The number of fused-ring (bicyclic) bond motifs is 1. The quantitative estimate of drug-likeness (QED) is 0.517. The maximum atomic E-state index is 13.1. The number of carbonyl (C=O) groups is 2. The molecule has 1 amide bonds. The van der Waals surface area contributed by atoms with Crippen LogP contribution in [0.1, 0.15) is 57.2 Å². The molecule has 2 heterocycles. The van der Waals surface area contributed by atoms with Gasteiger partial charge in [-0.15, -0.1) is 11.8 Å². The van der Waals surface area contributed by atoms with Gasteiger partial charge in [-0.05, 0) is 58.4 Å². The van der Waals surface area contributed by atoms with Crippen molar-refractivity contribution in [3.63, 3.8) is 0 Å². The summed E-state index contributed by atoms with van der Waals surface area (Å²) in [7, 11) is 0. The van der Waals surface area contributed by atoms with E-state index in [1.54, 1.807) is 18.7 Å². The molecule has 1 unspecified atom stereocenters. The molecular formula is C23H32N4O4S. The van der Waals surface area contributed by atoms with Crippen LogP contribution in [0.2, 0.25) is 0 Å². The predicted molar refractivity (Wildman–Crippen MR) is 126 cm³/mol. The number of nitrogens with zero attached hydrogens (tertiary/aromatic N) is 3. The fourth-order valence-corrected chi connectivity index (χ4v) is 4.78. The molecule has 0 bridgehead atoms. The van der Waals surface area contributed by atoms with Gasteiger partial charge in [-0.1, -0.05) is 13.3 Å². The van der Waals surface area contributed by atoms with Gasteiger partial charge in [0.2, 0.25) is 0 Å². The third-order valence-corrected chi connectivity index (χ3v) is 6.81. The molecule has 174 valence electrons. The number of aliphatic carboxylic acids is 1. The summed E-state index contributed by atoms with van der Waals surface area (Å²) in [6.07, 6.45) is 1.76. The largest absolute Gasteiger partial charge is 0.492 e. The number of aryl methyl sites for hydroxylation is 1. The Hall–Kier alpha value is -2.68. The first-order valence-electron chi connectivity index (χ1n) is 11.0. The summed E-state index contributed by atoms with van der Waals surface area (Å²) in [4.78, 5) is 29.3. The van der Waals surface area contributed by atoms with E-state index in [1.165, 1.54) is 11.8 Å². The van der Waals surface area contributed by atoms with E-state index in [-0.39, 0.29) is 12.1 Å². The molecule has 0 saturated carbocycles. The number of aromatic amines is 1. The van der Waals surface area contributed by atoms with E-state index >= 15 is 0 Å². The van der Waals surface area contributed by atoms with Crippen LogP contribution in [0, 0.1) is 0 Å². The second kappa shape index (κ2) is 9.85. The van der Waals surface area contributed by atoms with Gasteiger partial charge in [0.1, 0.15) is 23.3 Å². The van der Waals surface area contributed by atoms with Crippen LogP contribution >= 0.6 is 11.8 Å². The first-order valence-corrected chi connectivity index (χ1v) is 11.8. The molecule has 8 nitrogen and oxygen atoms in total. The number of thioether (sulfide) groups is 1. The topological polar surface area (TPSA) is 98.8 Å². The lowest BCUT2D eigenvalue weighted by atomic mass is 10.1. The summed E-state index contributed by atoms with van der Waals surface area (Å²) >= 11 is 1.29. The number of carboxylic acids is 1. The van der Waals surface area contributed by atoms with Crippen LogP contribution < -0.4 is 9.64 Å². The number of rotatable bonds is 10. The summed E-state index contributed by atoms with van der Waals surface area (Å²) in [6, 6.07) is 7.35. The maximum absolute atomic E-state index is 13.1. The fraction of sp³-hybridized carbons (Fsp3) is 0.522. The van der Waals surface area contributed by atoms with Crippen molar-refractivity contribution in [1.82, 2.24) is 15.1 Å². The zero-order chi connectivity index (χ0) is 23.5. The molecule has 1 aromatic carbocycles. The number of nitrogens with one attached hydrogen (secondary N) is 1. The number of anilines is 1. The number of carboxylic acid groups (broad SMARTS) is 1. The van der Waals surface area contributed by atoms with Gasteiger partial charge in [-0.2, -0.15) is 5.10 Å². The number of amides is 1. The Morgan fingerprint density at radius 1 is 1.25 bits per heavy atom. The summed E-state index contributed by atoms with van der Waals surface area (Å²) in [5.74, 6) is -0.258. The summed E-state index contributed by atoms with van der Waals surface area (Å²) in [5.41, 5.74) is 2.43. The number of carbonyl (C=O) groups excluding carboxylic acids is 1. The molecule has 0 saturated heterocycles. The highest BCUT2D eigenvalue weighted by atomic mass is 32.2.